The van der Waals surface area contributed by atoms with Crippen molar-refractivity contribution in [3.63, 3.8) is 0 Å². The number of carbonyl (C=O) groups is 1. The third-order valence-corrected chi connectivity index (χ3v) is 4.46. The number of rotatable bonds is 3. The number of hydrogen-bond acceptors (Lipinski definition) is 4. The molecule has 0 bridgehead atoms. The van der Waals surface area contributed by atoms with Crippen LogP contribution in [-0.2, 0) is 13.0 Å². The van der Waals surface area contributed by atoms with Gasteiger partial charge in [0.2, 0.25) is 0 Å². The first-order valence-corrected chi connectivity index (χ1v) is 8.00. The molecule has 4 nitrogen and oxygen atoms in total. The van der Waals surface area contributed by atoms with Gasteiger partial charge in [-0.25, -0.2) is 0 Å². The first-order chi connectivity index (χ1) is 10.3. The monoisotopic (exact) mass is 302 g/mol. The van der Waals surface area contributed by atoms with Crippen molar-refractivity contribution in [2.24, 2.45) is 0 Å². The fraction of sp³-hybridized carbons (Fsp3) is 0.312. The quantitative estimate of drug-likeness (QED) is 0.916. The topological polar surface area (TPSA) is 50.4 Å². The van der Waals surface area contributed by atoms with Gasteiger partial charge >= 0.3 is 0 Å². The molecule has 0 spiro atoms. The minimum atomic E-state index is -0.0377. The summed E-state index contributed by atoms with van der Waals surface area (Å²) in [6, 6.07) is 7.80. The van der Waals surface area contributed by atoms with Gasteiger partial charge in [0.15, 0.2) is 0 Å². The molecule has 0 fully saturated rings. The number of thiophene rings is 1. The zero-order valence-corrected chi connectivity index (χ0v) is 12.8. The van der Waals surface area contributed by atoms with Crippen molar-refractivity contribution >= 4 is 22.9 Å². The van der Waals surface area contributed by atoms with Gasteiger partial charge in [-0.15, -0.1) is 11.3 Å². The van der Waals surface area contributed by atoms with Crippen LogP contribution in [0.25, 0.3) is 0 Å². The highest BCUT2D eigenvalue weighted by atomic mass is 32.1. The van der Waals surface area contributed by atoms with E-state index >= 15 is 0 Å². The maximum absolute atomic E-state index is 12.3. The number of hydrogen-bond donors (Lipinski definition) is 2. The average Bonchev–Trinajstić information content (AvgIpc) is 2.86. The minimum absolute atomic E-state index is 0.0377. The maximum atomic E-state index is 12.3. The molecule has 0 saturated carbocycles. The van der Waals surface area contributed by atoms with E-state index in [2.05, 4.69) is 17.6 Å². The van der Waals surface area contributed by atoms with Crippen molar-refractivity contribution in [3.05, 3.63) is 45.6 Å². The number of amides is 1. The first kappa shape index (κ1) is 14.1. The van der Waals surface area contributed by atoms with E-state index in [0.717, 1.165) is 47.0 Å². The zero-order chi connectivity index (χ0) is 14.7. The maximum Gasteiger partial charge on any atom is 0.266 e. The van der Waals surface area contributed by atoms with Crippen LogP contribution < -0.4 is 15.4 Å². The second-order valence-corrected chi connectivity index (χ2v) is 5.85. The summed E-state index contributed by atoms with van der Waals surface area (Å²) in [7, 11) is 0. The van der Waals surface area contributed by atoms with Crippen LogP contribution in [0.4, 0.5) is 5.69 Å². The Morgan fingerprint density at radius 2 is 2.33 bits per heavy atom. The molecule has 110 valence electrons. The summed E-state index contributed by atoms with van der Waals surface area (Å²) in [4.78, 5) is 13.1. The molecule has 0 aliphatic carbocycles. The molecule has 2 heterocycles. The normalized spacial score (nSPS) is 14.0. The van der Waals surface area contributed by atoms with Crippen LogP contribution in [0.3, 0.4) is 0 Å². The number of anilines is 1. The summed E-state index contributed by atoms with van der Waals surface area (Å²) in [5.41, 5.74) is 2.98. The Kier molecular flexibility index (Phi) is 4.22. The van der Waals surface area contributed by atoms with E-state index in [1.807, 2.05) is 29.6 Å². The lowest BCUT2D eigenvalue weighted by Gasteiger charge is -2.10. The van der Waals surface area contributed by atoms with Crippen molar-refractivity contribution in [2.75, 3.05) is 18.5 Å². The molecule has 0 radical (unpaired) electrons. The highest BCUT2D eigenvalue weighted by Gasteiger charge is 2.14. The van der Waals surface area contributed by atoms with E-state index in [9.17, 15) is 4.79 Å². The largest absolute Gasteiger partial charge is 0.492 e. The summed E-state index contributed by atoms with van der Waals surface area (Å²) in [6.45, 7) is 4.34. The van der Waals surface area contributed by atoms with E-state index in [4.69, 9.17) is 4.74 Å². The summed E-state index contributed by atoms with van der Waals surface area (Å²) in [5, 5.41) is 8.23. The van der Waals surface area contributed by atoms with Gasteiger partial charge in [0.25, 0.3) is 5.91 Å². The zero-order valence-electron chi connectivity index (χ0n) is 11.9. The third kappa shape index (κ3) is 3.09. The predicted octanol–water partition coefficient (Wildman–Crippen LogP) is 3.04. The van der Waals surface area contributed by atoms with Crippen LogP contribution in [0.2, 0.25) is 0 Å². The summed E-state index contributed by atoms with van der Waals surface area (Å²) in [6.07, 6.45) is 0.869. The van der Waals surface area contributed by atoms with Crippen molar-refractivity contribution in [1.29, 1.82) is 0 Å². The molecule has 0 atom stereocenters. The molecular formula is C16H18N2O2S. The highest BCUT2D eigenvalue weighted by molar-refractivity contribution is 7.12. The van der Waals surface area contributed by atoms with Gasteiger partial charge in [0.1, 0.15) is 12.4 Å². The van der Waals surface area contributed by atoms with E-state index in [1.54, 1.807) is 0 Å². The van der Waals surface area contributed by atoms with Gasteiger partial charge in [0, 0.05) is 24.3 Å². The molecule has 2 aromatic rings. The van der Waals surface area contributed by atoms with E-state index < -0.39 is 0 Å². The van der Waals surface area contributed by atoms with Crippen LogP contribution in [0.15, 0.2) is 29.6 Å². The molecule has 1 aromatic carbocycles. The van der Waals surface area contributed by atoms with Gasteiger partial charge in [-0.1, -0.05) is 6.92 Å². The molecule has 1 aliphatic heterocycles. The fourth-order valence-electron chi connectivity index (χ4n) is 2.39. The standard InChI is InChI=1S/C16H18N2O2S/c1-2-11-5-8-21-15(11)16(19)18-13-3-4-14-12(9-13)10-17-6-7-20-14/h3-5,8-9,17H,2,6-7,10H2,1H3,(H,18,19). The molecule has 21 heavy (non-hydrogen) atoms. The Labute approximate surface area is 128 Å². The van der Waals surface area contributed by atoms with Crippen molar-refractivity contribution in [1.82, 2.24) is 5.32 Å². The van der Waals surface area contributed by atoms with Crippen LogP contribution in [0.1, 0.15) is 27.7 Å². The SMILES string of the molecule is CCc1ccsc1C(=O)Nc1ccc2c(c1)CNCCO2. The molecule has 1 aliphatic rings. The third-order valence-electron chi connectivity index (χ3n) is 3.50. The van der Waals surface area contributed by atoms with Gasteiger partial charge in [0.05, 0.1) is 4.88 Å². The molecule has 1 amide bonds. The smallest absolute Gasteiger partial charge is 0.266 e. The number of fused-ring (bicyclic) bond motifs is 1. The van der Waals surface area contributed by atoms with Crippen molar-refractivity contribution < 1.29 is 9.53 Å². The number of nitrogens with one attached hydrogen (secondary N) is 2. The van der Waals surface area contributed by atoms with Crippen LogP contribution in [-0.4, -0.2) is 19.1 Å². The fourth-order valence-corrected chi connectivity index (χ4v) is 3.28. The lowest BCUT2D eigenvalue weighted by atomic mass is 10.1. The van der Waals surface area contributed by atoms with Crippen LogP contribution >= 0.6 is 11.3 Å². The Morgan fingerprint density at radius 1 is 1.43 bits per heavy atom. The van der Waals surface area contributed by atoms with Gasteiger partial charge in [-0.2, -0.15) is 0 Å². The van der Waals surface area contributed by atoms with Gasteiger partial charge < -0.3 is 15.4 Å². The molecule has 2 N–H and O–H groups in total. The lowest BCUT2D eigenvalue weighted by molar-refractivity contribution is 0.103. The number of benzene rings is 1. The average molecular weight is 302 g/mol. The second-order valence-electron chi connectivity index (χ2n) is 4.93. The Morgan fingerprint density at radius 3 is 3.19 bits per heavy atom. The van der Waals surface area contributed by atoms with Crippen LogP contribution in [0.5, 0.6) is 5.75 Å². The molecule has 0 unspecified atom stereocenters. The Bertz CT molecular complexity index is 651. The van der Waals surface area contributed by atoms with Crippen LogP contribution in [0, 0.1) is 0 Å². The molecule has 0 saturated heterocycles. The highest BCUT2D eigenvalue weighted by Crippen LogP contribution is 2.25. The second kappa shape index (κ2) is 6.28. The predicted molar refractivity (Wildman–Crippen MR) is 85.3 cm³/mol. The number of aryl methyl sites for hydroxylation is 1. The van der Waals surface area contributed by atoms with E-state index in [0.29, 0.717) is 6.61 Å². The van der Waals surface area contributed by atoms with E-state index in [-0.39, 0.29) is 5.91 Å². The minimum Gasteiger partial charge on any atom is -0.492 e. The molecular weight excluding hydrogens is 284 g/mol. The number of ether oxygens (including phenoxy) is 1. The first-order valence-electron chi connectivity index (χ1n) is 7.12. The summed E-state index contributed by atoms with van der Waals surface area (Å²) < 4.78 is 5.64. The summed E-state index contributed by atoms with van der Waals surface area (Å²) >= 11 is 1.48. The molecule has 1 aromatic heterocycles. The van der Waals surface area contributed by atoms with Gasteiger partial charge in [-0.05, 0) is 41.6 Å². The number of carbonyl (C=O) groups excluding carboxylic acids is 1. The molecule has 5 heteroatoms. The lowest BCUT2D eigenvalue weighted by Crippen LogP contribution is -2.16. The van der Waals surface area contributed by atoms with Crippen molar-refractivity contribution in [3.8, 4) is 5.75 Å². The van der Waals surface area contributed by atoms with Crippen molar-refractivity contribution in [2.45, 2.75) is 19.9 Å². The Balaban J connectivity index is 1.79. The van der Waals surface area contributed by atoms with E-state index in [1.165, 1.54) is 11.3 Å². The summed E-state index contributed by atoms with van der Waals surface area (Å²) in [5.74, 6) is 0.854. The Hall–Kier alpha value is -1.85. The molecule has 3 rings (SSSR count). The van der Waals surface area contributed by atoms with Gasteiger partial charge in [-0.3, -0.25) is 4.79 Å².